The van der Waals surface area contributed by atoms with Crippen molar-refractivity contribution >= 4 is 152 Å². The fourth-order valence-electron chi connectivity index (χ4n) is 13.9. The largest absolute Gasteiger partial charge is 0.494 e. The quantitative estimate of drug-likeness (QED) is 0.122. The molecule has 12 aromatic carbocycles. The van der Waals surface area contributed by atoms with Crippen molar-refractivity contribution in [3.63, 3.8) is 0 Å². The van der Waals surface area contributed by atoms with E-state index in [0.717, 1.165) is 88.9 Å². The van der Waals surface area contributed by atoms with Gasteiger partial charge in [0.15, 0.2) is 0 Å². The smallest absolute Gasteiger partial charge is 0.399 e. The van der Waals surface area contributed by atoms with Crippen molar-refractivity contribution in [1.82, 2.24) is 19.9 Å². The number of rotatable bonds is 6. The number of hydrogen-bond acceptors (Lipinski definition) is 8. The Morgan fingerprint density at radius 3 is 1.26 bits per heavy atom. The van der Waals surface area contributed by atoms with E-state index in [1.165, 1.54) is 89.0 Å². The van der Waals surface area contributed by atoms with Crippen LogP contribution in [0.3, 0.4) is 0 Å². The van der Waals surface area contributed by atoms with E-state index in [0.29, 0.717) is 0 Å². The lowest BCUT2D eigenvalue weighted by molar-refractivity contribution is 0.00578. The van der Waals surface area contributed by atoms with E-state index in [1.54, 1.807) is 0 Å². The maximum absolute atomic E-state index is 6.26. The Bertz CT molecular complexity index is 6070. The average molecular weight is 1230 g/mol. The Kier molecular flexibility index (Phi) is 12.8. The van der Waals surface area contributed by atoms with Gasteiger partial charge in [-0.1, -0.05) is 237 Å². The maximum atomic E-state index is 6.26. The van der Waals surface area contributed by atoms with E-state index in [1.807, 2.05) is 28.7 Å². The van der Waals surface area contributed by atoms with Gasteiger partial charge in [-0.05, 0) is 91.5 Å². The number of thiophene rings is 2. The highest BCUT2D eigenvalue weighted by atomic mass is 32.1. The van der Waals surface area contributed by atoms with Gasteiger partial charge in [-0.15, -0.1) is 22.7 Å². The summed E-state index contributed by atoms with van der Waals surface area (Å²) < 4.78 is 17.8. The van der Waals surface area contributed by atoms with Gasteiger partial charge in [0, 0.05) is 106 Å². The highest BCUT2D eigenvalue weighted by Crippen LogP contribution is 2.47. The molecule has 19 rings (SSSR count). The number of pyridine rings is 4. The second-order valence-corrected chi connectivity index (χ2v) is 27.4. The molecule has 7 heterocycles. The van der Waals surface area contributed by atoms with Crippen molar-refractivity contribution in [2.45, 2.75) is 38.9 Å². The Hall–Kier alpha value is -10.5. The second-order valence-electron chi connectivity index (χ2n) is 25.3. The molecule has 1 saturated heterocycles. The molecule has 6 aromatic heterocycles. The summed E-state index contributed by atoms with van der Waals surface area (Å²) in [6.45, 7) is 8.34. The van der Waals surface area contributed by atoms with Gasteiger partial charge in [0.25, 0.3) is 0 Å². The number of benzene rings is 12. The summed E-state index contributed by atoms with van der Waals surface area (Å²) in [5, 5.41) is 17.0. The van der Waals surface area contributed by atoms with Crippen LogP contribution in [0.2, 0.25) is 0 Å². The minimum absolute atomic E-state index is 0.359. The fourth-order valence-corrected chi connectivity index (χ4v) is 16.4. The summed E-state index contributed by atoms with van der Waals surface area (Å²) >= 11 is 3.74. The molecule has 0 aliphatic carbocycles. The summed E-state index contributed by atoms with van der Waals surface area (Å²) in [5.74, 6) is 0. The predicted molar refractivity (Wildman–Crippen MR) is 395 cm³/mol. The normalized spacial score (nSPS) is 13.9. The molecule has 6 nitrogen and oxygen atoms in total. The SMILES string of the molecule is CC1(C)OB(c2ccc(-c3nc4ccccc4c4c3ccc3c5ccccc5sc34)cc2)OC1(C)C.c1ccc(-c2ccc3ccc4ccc(-c5ccc(-c6ccc(-c7nc8ccccc8c8c7ccc7c9ccccc9sc78)cc6)c6ccccc56)nc4c3n2)cc1. The molecular weight excluding hydrogens is 1170 g/mol. The Morgan fingerprint density at radius 2 is 0.710 bits per heavy atom. The molecule has 0 radical (unpaired) electrons. The first-order valence-electron chi connectivity index (χ1n) is 31.7. The standard InChI is InChI=1S/C53H31N3S.C31H26BNO2S/c1-2-10-33(11-3-1)45-30-24-35-22-23-36-25-31-47(56-52(36)51(35)54-45)40-27-26-37(38-12-4-5-13-39(38)40)32-18-20-34(21-19-32)50-44-29-28-42-41-14-7-9-17-48(41)57-53(42)49(44)43-15-6-8-16-46(43)55-50;1-30(2)31(3,4)35-32(34-30)20-15-13-19(14-16-20)28-24-18-17-22-21-9-6-8-12-26(21)36-29(22)27(24)23-10-5-7-11-25(23)33-28/h1-31H;5-18H,1-4H3. The first-order chi connectivity index (χ1) is 45.6. The zero-order valence-corrected chi connectivity index (χ0v) is 53.1. The van der Waals surface area contributed by atoms with Gasteiger partial charge in [-0.2, -0.15) is 0 Å². The third-order valence-electron chi connectivity index (χ3n) is 19.4. The number of hydrogen-bond donors (Lipinski definition) is 0. The second kappa shape index (κ2) is 21.6. The van der Waals surface area contributed by atoms with Crippen LogP contribution in [0.4, 0.5) is 0 Å². The molecule has 0 N–H and O–H groups in total. The summed E-state index contributed by atoms with van der Waals surface area (Å²) in [5.41, 5.74) is 14.8. The van der Waals surface area contributed by atoms with Gasteiger partial charge < -0.3 is 9.31 Å². The maximum Gasteiger partial charge on any atom is 0.494 e. The molecule has 0 saturated carbocycles. The van der Waals surface area contributed by atoms with E-state index < -0.39 is 0 Å². The van der Waals surface area contributed by atoms with E-state index in [4.69, 9.17) is 29.2 Å². The van der Waals surface area contributed by atoms with Crippen LogP contribution in [-0.4, -0.2) is 38.3 Å². The third kappa shape index (κ3) is 9.13. The van der Waals surface area contributed by atoms with Gasteiger partial charge in [0.05, 0.1) is 56.0 Å². The van der Waals surface area contributed by atoms with Crippen LogP contribution in [0.1, 0.15) is 27.7 Å². The van der Waals surface area contributed by atoms with Crippen LogP contribution in [0.15, 0.2) is 273 Å². The van der Waals surface area contributed by atoms with Crippen LogP contribution < -0.4 is 5.46 Å². The van der Waals surface area contributed by atoms with Crippen LogP contribution in [-0.2, 0) is 9.31 Å². The molecule has 0 amide bonds. The van der Waals surface area contributed by atoms with Crippen molar-refractivity contribution in [3.05, 3.63) is 273 Å². The van der Waals surface area contributed by atoms with E-state index in [-0.39, 0.29) is 18.3 Å². The summed E-state index contributed by atoms with van der Waals surface area (Å²) in [7, 11) is -0.372. The molecule has 18 aromatic rings. The summed E-state index contributed by atoms with van der Waals surface area (Å²) in [6.07, 6.45) is 0. The average Bonchev–Trinajstić information content (AvgIpc) is 1.73. The third-order valence-corrected chi connectivity index (χ3v) is 21.8. The molecule has 93 heavy (non-hydrogen) atoms. The molecule has 0 unspecified atom stereocenters. The van der Waals surface area contributed by atoms with E-state index in [2.05, 4.69) is 295 Å². The Morgan fingerprint density at radius 1 is 0.301 bits per heavy atom. The predicted octanol–water partition coefficient (Wildman–Crippen LogP) is 22.4. The van der Waals surface area contributed by atoms with Crippen LogP contribution >= 0.6 is 22.7 Å². The molecular formula is C84H57BN4O2S2. The molecule has 1 aliphatic heterocycles. The number of fused-ring (bicyclic) bond motifs is 18. The van der Waals surface area contributed by atoms with Gasteiger partial charge in [0.1, 0.15) is 0 Å². The number of aromatic nitrogens is 4. The van der Waals surface area contributed by atoms with Crippen molar-refractivity contribution in [1.29, 1.82) is 0 Å². The van der Waals surface area contributed by atoms with Crippen LogP contribution in [0, 0.1) is 0 Å². The molecule has 440 valence electrons. The van der Waals surface area contributed by atoms with Gasteiger partial charge >= 0.3 is 7.12 Å². The van der Waals surface area contributed by atoms with Crippen molar-refractivity contribution in [2.75, 3.05) is 0 Å². The molecule has 9 heteroatoms. The first kappa shape index (κ1) is 55.3. The topological polar surface area (TPSA) is 70.0 Å². The molecule has 1 fully saturated rings. The van der Waals surface area contributed by atoms with Gasteiger partial charge in [-0.25, -0.2) is 19.9 Å². The van der Waals surface area contributed by atoms with Crippen LogP contribution in [0.5, 0.6) is 0 Å². The molecule has 0 bridgehead atoms. The minimum atomic E-state index is -0.372. The van der Waals surface area contributed by atoms with E-state index >= 15 is 0 Å². The van der Waals surface area contributed by atoms with Gasteiger partial charge in [-0.3, -0.25) is 0 Å². The number of para-hydroxylation sites is 2. The lowest BCUT2D eigenvalue weighted by Gasteiger charge is -2.32. The van der Waals surface area contributed by atoms with Gasteiger partial charge in [0.2, 0.25) is 0 Å². The highest BCUT2D eigenvalue weighted by Gasteiger charge is 2.51. The van der Waals surface area contributed by atoms with Crippen molar-refractivity contribution in [3.8, 4) is 56.2 Å². The zero-order valence-electron chi connectivity index (χ0n) is 51.5. The molecule has 0 atom stereocenters. The highest BCUT2D eigenvalue weighted by molar-refractivity contribution is 7.27. The lowest BCUT2D eigenvalue weighted by atomic mass is 9.78. The molecule has 1 aliphatic rings. The van der Waals surface area contributed by atoms with Crippen LogP contribution in [0.25, 0.3) is 172 Å². The summed E-state index contributed by atoms with van der Waals surface area (Å²) in [6, 6.07) is 97.3. The minimum Gasteiger partial charge on any atom is -0.399 e. The first-order valence-corrected chi connectivity index (χ1v) is 33.3. The van der Waals surface area contributed by atoms with E-state index in [9.17, 15) is 0 Å². The Balaban J connectivity index is 0.000000152. The fraction of sp³-hybridized carbons (Fsp3) is 0.0714. The monoisotopic (exact) mass is 1230 g/mol. The Labute approximate surface area is 545 Å². The summed E-state index contributed by atoms with van der Waals surface area (Å²) in [4.78, 5) is 20.9. The van der Waals surface area contributed by atoms with Crippen molar-refractivity contribution < 1.29 is 9.31 Å². The number of nitrogens with zero attached hydrogens (tertiary/aromatic N) is 4. The lowest BCUT2D eigenvalue weighted by Crippen LogP contribution is -2.41. The molecule has 0 spiro atoms. The van der Waals surface area contributed by atoms with Crippen molar-refractivity contribution in [2.24, 2.45) is 0 Å². The zero-order chi connectivity index (χ0) is 62.1.